The van der Waals surface area contributed by atoms with Gasteiger partial charge < -0.3 is 5.73 Å². The topological polar surface area (TPSA) is 38.9 Å². The molecule has 1 unspecified atom stereocenters. The van der Waals surface area contributed by atoms with E-state index >= 15 is 0 Å². The Morgan fingerprint density at radius 1 is 1.16 bits per heavy atom. The van der Waals surface area contributed by atoms with Gasteiger partial charge >= 0.3 is 0 Å². The molecule has 2 nitrogen and oxygen atoms in total. The van der Waals surface area contributed by atoms with Crippen molar-refractivity contribution >= 4 is 11.8 Å². The predicted molar refractivity (Wildman–Crippen MR) is 82.3 cm³/mol. The SMILES string of the molecule is Cc1cc(C)cc(CSc2cc(C(C)N)ccn2)c1. The fraction of sp³-hybridized carbons (Fsp3) is 0.312. The van der Waals surface area contributed by atoms with Crippen molar-refractivity contribution in [2.75, 3.05) is 0 Å². The number of aromatic nitrogens is 1. The molecule has 2 aromatic rings. The Hall–Kier alpha value is -1.32. The largest absolute Gasteiger partial charge is 0.324 e. The van der Waals surface area contributed by atoms with Gasteiger partial charge in [-0.05, 0) is 44.0 Å². The van der Waals surface area contributed by atoms with Crippen LogP contribution in [0, 0.1) is 13.8 Å². The lowest BCUT2D eigenvalue weighted by Crippen LogP contribution is -2.05. The molecule has 0 saturated heterocycles. The molecule has 0 aliphatic carbocycles. The van der Waals surface area contributed by atoms with Gasteiger partial charge in [0, 0.05) is 18.0 Å². The predicted octanol–water partition coefficient (Wildman–Crippen LogP) is 4.01. The summed E-state index contributed by atoms with van der Waals surface area (Å²) < 4.78 is 0. The second-order valence-corrected chi connectivity index (χ2v) is 6.00. The van der Waals surface area contributed by atoms with Crippen LogP contribution in [-0.2, 0) is 5.75 Å². The first kappa shape index (κ1) is 14.1. The van der Waals surface area contributed by atoms with E-state index in [2.05, 4.69) is 43.1 Å². The van der Waals surface area contributed by atoms with Gasteiger partial charge in [-0.25, -0.2) is 4.98 Å². The first-order valence-corrected chi connectivity index (χ1v) is 7.44. The molecule has 2 N–H and O–H groups in total. The van der Waals surface area contributed by atoms with Crippen LogP contribution in [0.15, 0.2) is 41.6 Å². The van der Waals surface area contributed by atoms with Crippen LogP contribution >= 0.6 is 11.8 Å². The van der Waals surface area contributed by atoms with E-state index in [0.29, 0.717) is 0 Å². The smallest absolute Gasteiger partial charge is 0.0966 e. The number of benzene rings is 1. The lowest BCUT2D eigenvalue weighted by atomic mass is 10.1. The summed E-state index contributed by atoms with van der Waals surface area (Å²) in [5.41, 5.74) is 11.0. The number of pyridine rings is 1. The summed E-state index contributed by atoms with van der Waals surface area (Å²) in [5, 5.41) is 1.04. The molecular formula is C16H20N2S. The minimum absolute atomic E-state index is 0.0589. The highest BCUT2D eigenvalue weighted by Gasteiger charge is 2.03. The van der Waals surface area contributed by atoms with Crippen LogP contribution in [-0.4, -0.2) is 4.98 Å². The lowest BCUT2D eigenvalue weighted by Gasteiger charge is -2.08. The highest BCUT2D eigenvalue weighted by molar-refractivity contribution is 7.98. The maximum atomic E-state index is 5.89. The van der Waals surface area contributed by atoms with E-state index in [-0.39, 0.29) is 6.04 Å². The molecule has 1 atom stereocenters. The Labute approximate surface area is 119 Å². The van der Waals surface area contributed by atoms with Gasteiger partial charge in [0.25, 0.3) is 0 Å². The number of nitrogens with zero attached hydrogens (tertiary/aromatic N) is 1. The van der Waals surface area contributed by atoms with Crippen molar-refractivity contribution < 1.29 is 0 Å². The second-order valence-electron chi connectivity index (χ2n) is 5.00. The molecule has 0 aliphatic heterocycles. The van der Waals surface area contributed by atoms with E-state index in [1.807, 2.05) is 19.2 Å². The Bertz CT molecular complexity index is 544. The third-order valence-electron chi connectivity index (χ3n) is 2.95. The normalized spacial score (nSPS) is 12.4. The highest BCUT2D eigenvalue weighted by atomic mass is 32.2. The quantitative estimate of drug-likeness (QED) is 0.855. The molecule has 0 fully saturated rings. The van der Waals surface area contributed by atoms with Gasteiger partial charge in [-0.1, -0.05) is 29.3 Å². The molecule has 100 valence electrons. The number of thioether (sulfide) groups is 1. The van der Waals surface area contributed by atoms with Crippen molar-refractivity contribution in [3.63, 3.8) is 0 Å². The zero-order valence-electron chi connectivity index (χ0n) is 11.7. The first-order chi connectivity index (χ1) is 9.04. The molecule has 0 spiro atoms. The number of rotatable bonds is 4. The van der Waals surface area contributed by atoms with E-state index in [0.717, 1.165) is 16.3 Å². The van der Waals surface area contributed by atoms with Crippen molar-refractivity contribution in [3.8, 4) is 0 Å². The summed E-state index contributed by atoms with van der Waals surface area (Å²) in [6.07, 6.45) is 1.84. The van der Waals surface area contributed by atoms with Crippen molar-refractivity contribution in [2.24, 2.45) is 5.73 Å². The number of hydrogen-bond acceptors (Lipinski definition) is 3. The fourth-order valence-electron chi connectivity index (χ4n) is 2.10. The van der Waals surface area contributed by atoms with E-state index in [4.69, 9.17) is 5.73 Å². The highest BCUT2D eigenvalue weighted by Crippen LogP contribution is 2.24. The van der Waals surface area contributed by atoms with E-state index in [9.17, 15) is 0 Å². The first-order valence-electron chi connectivity index (χ1n) is 6.46. The van der Waals surface area contributed by atoms with Gasteiger partial charge in [0.2, 0.25) is 0 Å². The minimum Gasteiger partial charge on any atom is -0.324 e. The van der Waals surface area contributed by atoms with Gasteiger partial charge in [-0.3, -0.25) is 0 Å². The molecule has 19 heavy (non-hydrogen) atoms. The zero-order chi connectivity index (χ0) is 13.8. The summed E-state index contributed by atoms with van der Waals surface area (Å²) >= 11 is 1.76. The number of hydrogen-bond donors (Lipinski definition) is 1. The van der Waals surface area contributed by atoms with Crippen molar-refractivity contribution in [1.29, 1.82) is 0 Å². The van der Waals surface area contributed by atoms with Crippen LogP contribution in [0.3, 0.4) is 0 Å². The Morgan fingerprint density at radius 3 is 2.47 bits per heavy atom. The van der Waals surface area contributed by atoms with Gasteiger partial charge in [0.1, 0.15) is 0 Å². The van der Waals surface area contributed by atoms with Crippen LogP contribution in [0.25, 0.3) is 0 Å². The maximum absolute atomic E-state index is 5.89. The summed E-state index contributed by atoms with van der Waals surface area (Å²) in [6.45, 7) is 6.26. The van der Waals surface area contributed by atoms with Crippen LogP contribution in [0.4, 0.5) is 0 Å². The van der Waals surface area contributed by atoms with Crippen molar-refractivity contribution in [1.82, 2.24) is 4.98 Å². The molecule has 0 aliphatic rings. The second kappa shape index (κ2) is 6.22. The molecule has 1 aromatic carbocycles. The molecule has 1 heterocycles. The molecule has 0 saturated carbocycles. The summed E-state index contributed by atoms with van der Waals surface area (Å²) in [5.74, 6) is 0.942. The Balaban J connectivity index is 2.07. The molecule has 0 amide bonds. The lowest BCUT2D eigenvalue weighted by molar-refractivity contribution is 0.808. The third kappa shape index (κ3) is 4.08. The summed E-state index contributed by atoms with van der Waals surface area (Å²) in [4.78, 5) is 4.39. The summed E-state index contributed by atoms with van der Waals surface area (Å²) in [6, 6.07) is 10.8. The van der Waals surface area contributed by atoms with Crippen molar-refractivity contribution in [2.45, 2.75) is 37.6 Å². The molecule has 0 radical (unpaired) electrons. The zero-order valence-corrected chi connectivity index (χ0v) is 12.5. The standard InChI is InChI=1S/C16H20N2S/c1-11-6-12(2)8-14(7-11)10-19-16-9-15(13(3)17)4-5-18-16/h4-9,13H,10,17H2,1-3H3. The van der Waals surface area contributed by atoms with Crippen molar-refractivity contribution in [3.05, 3.63) is 58.8 Å². The summed E-state index contributed by atoms with van der Waals surface area (Å²) in [7, 11) is 0. The Kier molecular flexibility index (Phi) is 4.61. The van der Waals surface area contributed by atoms with Gasteiger partial charge in [-0.2, -0.15) is 0 Å². The molecule has 0 bridgehead atoms. The maximum Gasteiger partial charge on any atom is 0.0966 e. The van der Waals surface area contributed by atoms with Crippen LogP contribution in [0.1, 0.15) is 35.2 Å². The third-order valence-corrected chi connectivity index (χ3v) is 3.95. The van der Waals surface area contributed by atoms with Gasteiger partial charge in [-0.15, -0.1) is 11.8 Å². The van der Waals surface area contributed by atoms with Gasteiger partial charge in [0.05, 0.1) is 5.03 Å². The molecule has 2 rings (SSSR count). The average molecular weight is 272 g/mol. The van der Waals surface area contributed by atoms with Crippen LogP contribution in [0.2, 0.25) is 0 Å². The molecule has 1 aromatic heterocycles. The van der Waals surface area contributed by atoms with E-state index in [1.165, 1.54) is 16.7 Å². The van der Waals surface area contributed by atoms with E-state index in [1.54, 1.807) is 11.8 Å². The van der Waals surface area contributed by atoms with Crippen LogP contribution in [0.5, 0.6) is 0 Å². The molecular weight excluding hydrogens is 252 g/mol. The Morgan fingerprint density at radius 2 is 1.84 bits per heavy atom. The fourth-order valence-corrected chi connectivity index (χ4v) is 2.93. The number of nitrogens with two attached hydrogens (primary N) is 1. The van der Waals surface area contributed by atoms with Crippen LogP contribution < -0.4 is 5.73 Å². The number of aryl methyl sites for hydroxylation is 2. The van der Waals surface area contributed by atoms with Gasteiger partial charge in [0.15, 0.2) is 0 Å². The van der Waals surface area contributed by atoms with E-state index < -0.39 is 0 Å². The minimum atomic E-state index is 0.0589. The molecule has 3 heteroatoms. The average Bonchev–Trinajstić information content (AvgIpc) is 2.35. The monoisotopic (exact) mass is 272 g/mol.